The van der Waals surface area contributed by atoms with E-state index in [1.807, 2.05) is 12.1 Å². The maximum atomic E-state index is 13.0. The Labute approximate surface area is 219 Å². The highest BCUT2D eigenvalue weighted by Crippen LogP contribution is 2.35. The van der Waals surface area contributed by atoms with Gasteiger partial charge in [0.1, 0.15) is 21.8 Å². The molecule has 3 N–H and O–H groups in total. The normalized spacial score (nSPS) is 11.2. The minimum Gasteiger partial charge on any atom is -0.496 e. The van der Waals surface area contributed by atoms with Crippen LogP contribution >= 0.6 is 0 Å². The molecule has 0 aliphatic rings. The van der Waals surface area contributed by atoms with Crippen LogP contribution in [0.2, 0.25) is 0 Å². The number of rotatable bonds is 12. The van der Waals surface area contributed by atoms with E-state index in [1.165, 1.54) is 20.3 Å². The van der Waals surface area contributed by atoms with E-state index in [1.54, 1.807) is 41.2 Å². The molecule has 0 fully saturated rings. The topological polar surface area (TPSA) is 150 Å². The molecule has 4 rings (SSSR count). The zero-order valence-electron chi connectivity index (χ0n) is 20.7. The summed E-state index contributed by atoms with van der Waals surface area (Å²) in [6.07, 6.45) is 8.63. The predicted molar refractivity (Wildman–Crippen MR) is 139 cm³/mol. The number of terminal acetylenes is 1. The Hall–Kier alpha value is -4.54. The Bertz CT molecular complexity index is 1590. The summed E-state index contributed by atoms with van der Waals surface area (Å²) in [7, 11) is -1.14. The number of benzene rings is 2. The highest BCUT2D eigenvalue weighted by Gasteiger charge is 2.24. The van der Waals surface area contributed by atoms with Gasteiger partial charge < -0.3 is 24.6 Å². The van der Waals surface area contributed by atoms with Crippen molar-refractivity contribution < 1.29 is 27.2 Å². The number of anilines is 1. The highest BCUT2D eigenvalue weighted by molar-refractivity contribution is 7.92. The van der Waals surface area contributed by atoms with Gasteiger partial charge in [0.2, 0.25) is 0 Å². The Morgan fingerprint density at radius 2 is 1.92 bits per heavy atom. The first-order valence-corrected chi connectivity index (χ1v) is 12.9. The maximum absolute atomic E-state index is 13.0. The van der Waals surface area contributed by atoms with Crippen molar-refractivity contribution in [2.45, 2.75) is 18.0 Å². The van der Waals surface area contributed by atoms with Crippen molar-refractivity contribution in [3.63, 3.8) is 0 Å². The molecule has 0 spiro atoms. The predicted octanol–water partition coefficient (Wildman–Crippen LogP) is 1.73. The van der Waals surface area contributed by atoms with E-state index in [9.17, 15) is 13.2 Å². The second-order valence-corrected chi connectivity index (χ2v) is 9.73. The molecule has 0 aliphatic heterocycles. The van der Waals surface area contributed by atoms with Crippen molar-refractivity contribution in [3.8, 4) is 23.8 Å². The van der Waals surface area contributed by atoms with Crippen molar-refractivity contribution in [1.29, 1.82) is 0 Å². The third kappa shape index (κ3) is 6.05. The molecule has 2 aromatic carbocycles. The third-order valence-corrected chi connectivity index (χ3v) is 6.86. The first-order valence-electron chi connectivity index (χ1n) is 11.4. The third-order valence-electron chi connectivity index (χ3n) is 5.49. The fraction of sp³-hybridized carbons (Fsp3) is 0.240. The van der Waals surface area contributed by atoms with Gasteiger partial charge in [-0.3, -0.25) is 14.2 Å². The molecule has 12 nitrogen and oxygen atoms in total. The van der Waals surface area contributed by atoms with Crippen LogP contribution in [0.4, 0.5) is 5.82 Å². The molecule has 2 heterocycles. The van der Waals surface area contributed by atoms with Gasteiger partial charge in [0.25, 0.3) is 15.9 Å². The van der Waals surface area contributed by atoms with Crippen LogP contribution in [0, 0.1) is 12.3 Å². The summed E-state index contributed by atoms with van der Waals surface area (Å²) >= 11 is 0. The molecule has 0 saturated heterocycles. The summed E-state index contributed by atoms with van der Waals surface area (Å²) in [5, 5.41) is 14.5. The molecule has 38 heavy (non-hydrogen) atoms. The highest BCUT2D eigenvalue weighted by atomic mass is 32.2. The van der Waals surface area contributed by atoms with Crippen LogP contribution in [-0.4, -0.2) is 56.6 Å². The molecule has 2 aromatic heterocycles. The first kappa shape index (κ1) is 26.5. The van der Waals surface area contributed by atoms with Crippen LogP contribution in [0.1, 0.15) is 11.1 Å². The van der Waals surface area contributed by atoms with Gasteiger partial charge in [-0.25, -0.2) is 8.42 Å². The standard InChI is InChI=1S/C25H26N6O6S/c1-4-23(32)27-10-9-26-13-18-14-28-31(16-18)15-17-11-20(36-3)24-21(12-17)37-29-25(24)30-38(33,34)22-8-6-5-7-19(22)35-2/h1,5-8,11-12,14,16,26H,9-10,13,15H2,2-3H3,(H,27,32)(H,29,30). The molecule has 0 atom stereocenters. The summed E-state index contributed by atoms with van der Waals surface area (Å²) in [5.74, 6) is 2.14. The molecule has 0 bridgehead atoms. The van der Waals surface area contributed by atoms with E-state index < -0.39 is 15.9 Å². The summed E-state index contributed by atoms with van der Waals surface area (Å²) < 4.78 is 46.4. The summed E-state index contributed by atoms with van der Waals surface area (Å²) in [4.78, 5) is 11.0. The lowest BCUT2D eigenvalue weighted by Gasteiger charge is -2.11. The number of para-hydroxylation sites is 1. The molecular formula is C25H26N6O6S. The Kier molecular flexibility index (Phi) is 8.15. The van der Waals surface area contributed by atoms with E-state index in [-0.39, 0.29) is 16.5 Å². The summed E-state index contributed by atoms with van der Waals surface area (Å²) in [5.41, 5.74) is 2.11. The fourth-order valence-corrected chi connectivity index (χ4v) is 4.93. The van der Waals surface area contributed by atoms with Crippen molar-refractivity contribution in [1.82, 2.24) is 25.6 Å². The summed E-state index contributed by atoms with van der Waals surface area (Å²) in [6.45, 7) is 1.95. The van der Waals surface area contributed by atoms with Gasteiger partial charge >= 0.3 is 0 Å². The number of nitrogens with zero attached hydrogens (tertiary/aromatic N) is 3. The number of nitrogens with one attached hydrogen (secondary N) is 3. The second kappa shape index (κ2) is 11.7. The van der Waals surface area contributed by atoms with Gasteiger partial charge in [-0.2, -0.15) is 5.10 Å². The van der Waals surface area contributed by atoms with Gasteiger partial charge in [-0.1, -0.05) is 17.3 Å². The minimum absolute atomic E-state index is 0.000176. The average Bonchev–Trinajstić information content (AvgIpc) is 3.54. The molecular weight excluding hydrogens is 512 g/mol. The molecule has 0 aliphatic carbocycles. The van der Waals surface area contributed by atoms with Crippen LogP contribution in [-0.2, 0) is 27.9 Å². The molecule has 0 radical (unpaired) electrons. The lowest BCUT2D eigenvalue weighted by molar-refractivity contribution is -0.115. The Balaban J connectivity index is 1.47. The van der Waals surface area contributed by atoms with E-state index in [4.69, 9.17) is 20.4 Å². The number of amides is 1. The smallest absolute Gasteiger partial charge is 0.295 e. The van der Waals surface area contributed by atoms with E-state index >= 15 is 0 Å². The van der Waals surface area contributed by atoms with Crippen LogP contribution in [0.5, 0.6) is 11.5 Å². The van der Waals surface area contributed by atoms with Crippen molar-refractivity contribution in [2.24, 2.45) is 0 Å². The maximum Gasteiger partial charge on any atom is 0.295 e. The van der Waals surface area contributed by atoms with Gasteiger partial charge in [-0.15, -0.1) is 6.42 Å². The van der Waals surface area contributed by atoms with Crippen LogP contribution < -0.4 is 24.8 Å². The quantitative estimate of drug-likeness (QED) is 0.181. The monoisotopic (exact) mass is 538 g/mol. The number of fused-ring (bicyclic) bond motifs is 1. The molecule has 0 saturated carbocycles. The van der Waals surface area contributed by atoms with E-state index in [0.717, 1.165) is 11.1 Å². The Morgan fingerprint density at radius 1 is 1.13 bits per heavy atom. The van der Waals surface area contributed by atoms with Crippen LogP contribution in [0.3, 0.4) is 0 Å². The Morgan fingerprint density at radius 3 is 2.68 bits per heavy atom. The number of hydrogen-bond acceptors (Lipinski definition) is 9. The number of methoxy groups -OCH3 is 2. The van der Waals surface area contributed by atoms with Gasteiger partial charge in [0.05, 0.1) is 27.0 Å². The zero-order chi connectivity index (χ0) is 27.1. The molecule has 0 unspecified atom stereocenters. The number of ether oxygens (including phenoxy) is 2. The van der Waals surface area contributed by atoms with Gasteiger partial charge in [-0.05, 0) is 35.7 Å². The first-order chi connectivity index (χ1) is 18.3. The fourth-order valence-electron chi connectivity index (χ4n) is 3.75. The zero-order valence-corrected chi connectivity index (χ0v) is 21.5. The molecule has 13 heteroatoms. The lowest BCUT2D eigenvalue weighted by Crippen LogP contribution is -2.30. The number of carbonyl (C=O) groups is 1. The van der Waals surface area contributed by atoms with Crippen LogP contribution in [0.15, 0.2) is 58.2 Å². The van der Waals surface area contributed by atoms with Crippen molar-refractivity contribution in [2.75, 3.05) is 32.0 Å². The molecule has 1 amide bonds. The average molecular weight is 539 g/mol. The van der Waals surface area contributed by atoms with Gasteiger partial charge in [0, 0.05) is 31.4 Å². The number of aromatic nitrogens is 3. The largest absolute Gasteiger partial charge is 0.496 e. The second-order valence-electron chi connectivity index (χ2n) is 8.08. The van der Waals surface area contributed by atoms with Crippen molar-refractivity contribution in [3.05, 3.63) is 59.9 Å². The molecule has 4 aromatic rings. The van der Waals surface area contributed by atoms with E-state index in [2.05, 4.69) is 25.6 Å². The summed E-state index contributed by atoms with van der Waals surface area (Å²) in [6, 6.07) is 9.79. The van der Waals surface area contributed by atoms with Crippen molar-refractivity contribution >= 4 is 32.7 Å². The van der Waals surface area contributed by atoms with Crippen LogP contribution in [0.25, 0.3) is 11.0 Å². The molecule has 198 valence electrons. The number of sulfonamides is 1. The lowest BCUT2D eigenvalue weighted by atomic mass is 10.1. The van der Waals surface area contributed by atoms with Gasteiger partial charge in [0.15, 0.2) is 11.4 Å². The number of hydrogen-bond donors (Lipinski definition) is 3. The number of carbonyl (C=O) groups excluding carboxylic acids is 1. The minimum atomic E-state index is -4.02. The SMILES string of the molecule is C#CC(=O)NCCNCc1cnn(Cc2cc(OC)c3c(NS(=O)(=O)c4ccccc4OC)noc3c2)c1. The van der Waals surface area contributed by atoms with E-state index in [0.29, 0.717) is 42.9 Å².